The third-order valence-corrected chi connectivity index (χ3v) is 1.57. The summed E-state index contributed by atoms with van der Waals surface area (Å²) in [5, 5.41) is 0. The fourth-order valence-electron chi connectivity index (χ4n) is 1.07. The second-order valence-corrected chi connectivity index (χ2v) is 2.92. The van der Waals surface area contributed by atoms with E-state index < -0.39 is 11.8 Å². The molecule has 1 aliphatic heterocycles. The van der Waals surface area contributed by atoms with E-state index in [0.29, 0.717) is 6.54 Å². The summed E-state index contributed by atoms with van der Waals surface area (Å²) >= 11 is 0. The highest BCUT2D eigenvalue weighted by Gasteiger charge is 2.34. The Labute approximate surface area is 77.3 Å². The van der Waals surface area contributed by atoms with Crippen molar-refractivity contribution >= 4 is 24.2 Å². The molecule has 0 aromatic rings. The molecule has 0 amide bonds. The van der Waals surface area contributed by atoms with Gasteiger partial charge in [-0.05, 0) is 14.1 Å². The van der Waals surface area contributed by atoms with Crippen molar-refractivity contribution in [3.05, 3.63) is 0 Å². The molecule has 0 spiro atoms. The summed E-state index contributed by atoms with van der Waals surface area (Å²) in [6, 6.07) is 0. The number of ether oxygens (including phenoxy) is 1. The predicted molar refractivity (Wildman–Crippen MR) is 45.3 cm³/mol. The number of Topliss-reactive ketones (excluding diaryl/α,β-unsaturated/α-hetero) is 1. The zero-order valence-corrected chi connectivity index (χ0v) is 7.89. The van der Waals surface area contributed by atoms with Crippen LogP contribution in [0.15, 0.2) is 0 Å². The number of hydrogen-bond acceptors (Lipinski definition) is 4. The van der Waals surface area contributed by atoms with Crippen LogP contribution in [0.4, 0.5) is 0 Å². The molecule has 1 rings (SSSR count). The lowest BCUT2D eigenvalue weighted by Gasteiger charge is -2.11. The zero-order chi connectivity index (χ0) is 8.43. The number of esters is 1. The molecule has 70 valence electrons. The van der Waals surface area contributed by atoms with Gasteiger partial charge in [0.25, 0.3) is 0 Å². The molecule has 0 aromatic heterocycles. The number of halogens is 1. The van der Waals surface area contributed by atoms with Crippen LogP contribution in [0.1, 0.15) is 0 Å². The molecule has 1 fully saturated rings. The van der Waals surface area contributed by atoms with Crippen molar-refractivity contribution in [2.75, 3.05) is 27.2 Å². The maximum absolute atomic E-state index is 10.9. The molecule has 1 atom stereocenters. The normalized spacial score (nSPS) is 22.4. The second kappa shape index (κ2) is 4.42. The van der Waals surface area contributed by atoms with Gasteiger partial charge in [-0.25, -0.2) is 4.79 Å². The molecule has 0 N–H and O–H groups in total. The van der Waals surface area contributed by atoms with Crippen LogP contribution in [0.25, 0.3) is 0 Å². The molecule has 4 nitrogen and oxygen atoms in total. The van der Waals surface area contributed by atoms with Crippen molar-refractivity contribution in [3.8, 4) is 0 Å². The smallest absolute Gasteiger partial charge is 0.375 e. The topological polar surface area (TPSA) is 46.6 Å². The highest BCUT2D eigenvalue weighted by molar-refractivity contribution is 6.36. The summed E-state index contributed by atoms with van der Waals surface area (Å²) in [4.78, 5) is 23.4. The molecule has 5 heteroatoms. The summed E-state index contributed by atoms with van der Waals surface area (Å²) in [5.41, 5.74) is 0. The predicted octanol–water partition coefficient (Wildman–Crippen LogP) is -0.288. The van der Waals surface area contributed by atoms with Gasteiger partial charge in [-0.3, -0.25) is 4.79 Å². The lowest BCUT2D eigenvalue weighted by atomic mass is 10.1. The van der Waals surface area contributed by atoms with E-state index in [0.717, 1.165) is 0 Å². The minimum absolute atomic E-state index is 0. The zero-order valence-electron chi connectivity index (χ0n) is 7.07. The van der Waals surface area contributed by atoms with Crippen LogP contribution in [0.3, 0.4) is 0 Å². The first-order chi connectivity index (χ1) is 5.11. The van der Waals surface area contributed by atoms with Gasteiger partial charge in [0.1, 0.15) is 6.61 Å². The molecule has 0 bridgehead atoms. The first-order valence-electron chi connectivity index (χ1n) is 3.47. The number of hydrogen-bond donors (Lipinski definition) is 0. The third kappa shape index (κ3) is 2.46. The van der Waals surface area contributed by atoms with E-state index in [1.807, 2.05) is 19.0 Å². The van der Waals surface area contributed by atoms with Crippen LogP contribution in [0.2, 0.25) is 0 Å². The van der Waals surface area contributed by atoms with E-state index in [-0.39, 0.29) is 24.9 Å². The van der Waals surface area contributed by atoms with Crippen LogP contribution in [0.5, 0.6) is 0 Å². The molecule has 12 heavy (non-hydrogen) atoms. The minimum Gasteiger partial charge on any atom is -0.459 e. The average molecular weight is 194 g/mol. The fourth-order valence-corrected chi connectivity index (χ4v) is 1.07. The maximum atomic E-state index is 10.9. The summed E-state index contributed by atoms with van der Waals surface area (Å²) in [5.74, 6) is -1.33. The summed E-state index contributed by atoms with van der Waals surface area (Å²) < 4.78 is 4.56. The lowest BCUT2D eigenvalue weighted by molar-refractivity contribution is -0.147. The van der Waals surface area contributed by atoms with Crippen molar-refractivity contribution in [3.63, 3.8) is 0 Å². The molecule has 0 aliphatic carbocycles. The number of nitrogens with zero attached hydrogens (tertiary/aromatic N) is 1. The van der Waals surface area contributed by atoms with Gasteiger partial charge in [-0.2, -0.15) is 0 Å². The van der Waals surface area contributed by atoms with Crippen molar-refractivity contribution in [1.29, 1.82) is 0 Å². The summed E-state index contributed by atoms with van der Waals surface area (Å²) in [7, 11) is 3.71. The molecule has 1 heterocycles. The first kappa shape index (κ1) is 11.4. The van der Waals surface area contributed by atoms with Gasteiger partial charge in [0, 0.05) is 6.54 Å². The van der Waals surface area contributed by atoms with E-state index >= 15 is 0 Å². The van der Waals surface area contributed by atoms with Crippen LogP contribution in [0, 0.1) is 5.92 Å². The number of ketones is 1. The summed E-state index contributed by atoms with van der Waals surface area (Å²) in [6.45, 7) is 0.834. The third-order valence-electron chi connectivity index (χ3n) is 1.57. The second-order valence-electron chi connectivity index (χ2n) is 2.92. The molecular weight excluding hydrogens is 182 g/mol. The largest absolute Gasteiger partial charge is 0.459 e. The van der Waals surface area contributed by atoms with E-state index in [1.165, 1.54) is 0 Å². The number of carbonyl (C=O) groups excluding carboxylic acids is 2. The van der Waals surface area contributed by atoms with Gasteiger partial charge in [-0.1, -0.05) is 0 Å². The van der Waals surface area contributed by atoms with E-state index in [4.69, 9.17) is 0 Å². The van der Waals surface area contributed by atoms with Gasteiger partial charge >= 0.3 is 5.97 Å². The fraction of sp³-hybridized carbons (Fsp3) is 0.714. The van der Waals surface area contributed by atoms with Crippen LogP contribution in [-0.2, 0) is 14.3 Å². The standard InChI is InChI=1S/C7H11NO3.ClH/c1-8(2)3-5-4-11-7(10)6(5)9;/h5H,3-4H2,1-2H3;1H. The molecule has 1 unspecified atom stereocenters. The van der Waals surface area contributed by atoms with Crippen molar-refractivity contribution in [2.45, 2.75) is 0 Å². The average Bonchev–Trinajstić information content (AvgIpc) is 2.18. The minimum atomic E-state index is -0.683. The van der Waals surface area contributed by atoms with E-state index in [9.17, 15) is 9.59 Å². The van der Waals surface area contributed by atoms with Crippen molar-refractivity contribution in [2.24, 2.45) is 5.92 Å². The van der Waals surface area contributed by atoms with Crippen molar-refractivity contribution < 1.29 is 14.3 Å². The Balaban J connectivity index is 0.00000121. The molecule has 1 saturated heterocycles. The van der Waals surface area contributed by atoms with Gasteiger partial charge in [0.2, 0.25) is 5.78 Å². The number of cyclic esters (lactones) is 1. The monoisotopic (exact) mass is 193 g/mol. The molecule has 0 radical (unpaired) electrons. The van der Waals surface area contributed by atoms with Gasteiger partial charge in [0.15, 0.2) is 0 Å². The van der Waals surface area contributed by atoms with E-state index in [1.54, 1.807) is 0 Å². The Bertz CT molecular complexity index is 193. The quantitative estimate of drug-likeness (QED) is 0.447. The molecular formula is C7H12ClNO3. The van der Waals surface area contributed by atoms with Crippen LogP contribution >= 0.6 is 12.4 Å². The van der Waals surface area contributed by atoms with Crippen LogP contribution < -0.4 is 0 Å². The van der Waals surface area contributed by atoms with Crippen molar-refractivity contribution in [1.82, 2.24) is 4.90 Å². The number of carbonyl (C=O) groups is 2. The van der Waals surface area contributed by atoms with Crippen LogP contribution in [-0.4, -0.2) is 43.9 Å². The number of rotatable bonds is 2. The summed E-state index contributed by atoms with van der Waals surface area (Å²) in [6.07, 6.45) is 0. The van der Waals surface area contributed by atoms with E-state index in [2.05, 4.69) is 4.74 Å². The molecule has 0 saturated carbocycles. The Morgan fingerprint density at radius 1 is 1.50 bits per heavy atom. The maximum Gasteiger partial charge on any atom is 0.375 e. The Hall–Kier alpha value is -0.610. The lowest BCUT2D eigenvalue weighted by Crippen LogP contribution is -2.27. The van der Waals surface area contributed by atoms with Gasteiger partial charge in [0.05, 0.1) is 5.92 Å². The molecule has 1 aliphatic rings. The highest BCUT2D eigenvalue weighted by atomic mass is 35.5. The Kier molecular flexibility index (Phi) is 4.20. The Morgan fingerprint density at radius 2 is 2.08 bits per heavy atom. The first-order valence-corrected chi connectivity index (χ1v) is 3.47. The molecule has 0 aromatic carbocycles. The SMILES string of the molecule is CN(C)CC1COC(=O)C1=O.Cl. The van der Waals surface area contributed by atoms with Gasteiger partial charge < -0.3 is 9.64 Å². The Morgan fingerprint density at radius 3 is 2.42 bits per heavy atom. The van der Waals surface area contributed by atoms with Gasteiger partial charge in [-0.15, -0.1) is 12.4 Å². The highest BCUT2D eigenvalue weighted by Crippen LogP contribution is 2.10.